The molecule has 0 radical (unpaired) electrons. The minimum absolute atomic E-state index is 0.0141. The second-order valence-electron chi connectivity index (χ2n) is 3.04. The number of hydrogen-bond donors (Lipinski definition) is 0. The van der Waals surface area contributed by atoms with E-state index >= 15 is 0 Å². The first kappa shape index (κ1) is 10.7. The van der Waals surface area contributed by atoms with E-state index in [0.717, 1.165) is 0 Å². The lowest BCUT2D eigenvalue weighted by atomic mass is 10.3. The van der Waals surface area contributed by atoms with Crippen molar-refractivity contribution in [3.05, 3.63) is 23.6 Å². The number of pyridine rings is 1. The largest absolute Gasteiger partial charge is 0.349 e. The molecule has 2 heterocycles. The van der Waals surface area contributed by atoms with Crippen molar-refractivity contribution in [2.24, 2.45) is 7.05 Å². The molecule has 7 heteroatoms. The van der Waals surface area contributed by atoms with Crippen molar-refractivity contribution in [3.8, 4) is 0 Å². The van der Waals surface area contributed by atoms with Gasteiger partial charge in [-0.05, 0) is 6.07 Å². The van der Waals surface area contributed by atoms with Crippen LogP contribution in [0.15, 0.2) is 23.4 Å². The number of hydrogen-bond acceptors (Lipinski definition) is 3. The lowest BCUT2D eigenvalue weighted by molar-refractivity contribution is 0.610. The number of halogens is 2. The van der Waals surface area contributed by atoms with E-state index < -0.39 is 9.05 Å². The maximum Gasteiger partial charge on any atom is 0.263 e. The molecule has 0 aliphatic rings. The highest BCUT2D eigenvalue weighted by Crippen LogP contribution is 2.31. The Labute approximate surface area is 95.9 Å². The Morgan fingerprint density at radius 3 is 2.73 bits per heavy atom. The number of aromatic nitrogens is 2. The second-order valence-corrected chi connectivity index (χ2v) is 5.93. The van der Waals surface area contributed by atoms with E-state index in [4.69, 9.17) is 22.3 Å². The van der Waals surface area contributed by atoms with Crippen LogP contribution in [0.2, 0.25) is 5.15 Å². The maximum atomic E-state index is 11.3. The highest BCUT2D eigenvalue weighted by molar-refractivity contribution is 8.14. The Morgan fingerprint density at radius 1 is 1.47 bits per heavy atom. The van der Waals surface area contributed by atoms with Gasteiger partial charge < -0.3 is 4.57 Å². The first-order valence-electron chi connectivity index (χ1n) is 3.95. The Balaban J connectivity index is 3.01. The summed E-state index contributed by atoms with van der Waals surface area (Å²) >= 11 is 5.83. The summed E-state index contributed by atoms with van der Waals surface area (Å²) in [5, 5.41) is 0.490. The van der Waals surface area contributed by atoms with Crippen LogP contribution in [0, 0.1) is 0 Å². The van der Waals surface area contributed by atoms with Gasteiger partial charge in [-0.15, -0.1) is 0 Å². The molecule has 0 aliphatic carbocycles. The van der Waals surface area contributed by atoms with Gasteiger partial charge in [-0.25, -0.2) is 13.4 Å². The Bertz CT molecular complexity index is 633. The van der Waals surface area contributed by atoms with Crippen LogP contribution in [0.1, 0.15) is 0 Å². The van der Waals surface area contributed by atoms with Crippen LogP contribution in [0.5, 0.6) is 0 Å². The lowest BCUT2D eigenvalue weighted by Gasteiger charge is -1.96. The standard InChI is InChI=1S/C8H6Cl2N2O2S/c1-12-4-6(15(10,13)14)7-5(12)2-3-11-8(7)9/h2-4H,1H3. The fourth-order valence-corrected chi connectivity index (χ4v) is 2.83. The van der Waals surface area contributed by atoms with E-state index in [9.17, 15) is 8.42 Å². The predicted molar refractivity (Wildman–Crippen MR) is 58.8 cm³/mol. The summed E-state index contributed by atoms with van der Waals surface area (Å²) in [5.74, 6) is 0. The zero-order valence-electron chi connectivity index (χ0n) is 7.61. The van der Waals surface area contributed by atoms with Crippen molar-refractivity contribution < 1.29 is 8.42 Å². The molecule has 4 nitrogen and oxygen atoms in total. The molecule has 2 rings (SSSR count). The van der Waals surface area contributed by atoms with Gasteiger partial charge in [0, 0.05) is 30.1 Å². The molecule has 0 spiro atoms. The molecule has 0 N–H and O–H groups in total. The predicted octanol–water partition coefficient (Wildman–Crippen LogP) is 2.15. The van der Waals surface area contributed by atoms with Gasteiger partial charge in [-0.2, -0.15) is 0 Å². The summed E-state index contributed by atoms with van der Waals surface area (Å²) in [6.45, 7) is 0. The molecule has 2 aromatic heterocycles. The number of fused-ring (bicyclic) bond motifs is 1. The van der Waals surface area contributed by atoms with Gasteiger partial charge in [0.2, 0.25) is 0 Å². The molecule has 0 atom stereocenters. The highest BCUT2D eigenvalue weighted by atomic mass is 35.7. The third-order valence-corrected chi connectivity index (χ3v) is 3.70. The average molecular weight is 265 g/mol. The van der Waals surface area contributed by atoms with Crippen LogP contribution in [-0.4, -0.2) is 18.0 Å². The molecule has 0 unspecified atom stereocenters. The molecule has 0 bridgehead atoms. The van der Waals surface area contributed by atoms with Crippen LogP contribution in [0.3, 0.4) is 0 Å². The molecular weight excluding hydrogens is 259 g/mol. The van der Waals surface area contributed by atoms with E-state index in [0.29, 0.717) is 10.9 Å². The summed E-state index contributed by atoms with van der Waals surface area (Å²) in [7, 11) is 3.20. The van der Waals surface area contributed by atoms with E-state index in [2.05, 4.69) is 4.98 Å². The van der Waals surface area contributed by atoms with E-state index in [1.807, 2.05) is 0 Å². The van der Waals surface area contributed by atoms with Crippen molar-refractivity contribution >= 4 is 42.2 Å². The van der Waals surface area contributed by atoms with Crippen molar-refractivity contribution in [1.29, 1.82) is 0 Å². The fraction of sp³-hybridized carbons (Fsp3) is 0.125. The minimum atomic E-state index is -3.80. The zero-order chi connectivity index (χ0) is 11.2. The van der Waals surface area contributed by atoms with Gasteiger partial charge in [0.15, 0.2) is 0 Å². The third-order valence-electron chi connectivity index (χ3n) is 2.08. The normalized spacial score (nSPS) is 12.2. The van der Waals surface area contributed by atoms with Crippen LogP contribution in [-0.2, 0) is 16.1 Å². The molecule has 2 aromatic rings. The SMILES string of the molecule is Cn1cc(S(=O)(=O)Cl)c2c(Cl)nccc21. The van der Waals surface area contributed by atoms with Gasteiger partial charge in [0.25, 0.3) is 9.05 Å². The van der Waals surface area contributed by atoms with Gasteiger partial charge in [-0.3, -0.25) is 0 Å². The molecule has 0 amide bonds. The van der Waals surface area contributed by atoms with Crippen molar-refractivity contribution in [3.63, 3.8) is 0 Å². The Morgan fingerprint density at radius 2 is 2.13 bits per heavy atom. The molecule has 0 saturated carbocycles. The number of rotatable bonds is 1. The molecule has 80 valence electrons. The second kappa shape index (κ2) is 3.37. The van der Waals surface area contributed by atoms with E-state index in [1.165, 1.54) is 12.4 Å². The Kier molecular flexibility index (Phi) is 2.41. The summed E-state index contributed by atoms with van der Waals surface area (Å²) in [6.07, 6.45) is 2.93. The molecule has 0 fully saturated rings. The first-order valence-corrected chi connectivity index (χ1v) is 6.64. The molecule has 0 saturated heterocycles. The van der Waals surface area contributed by atoms with Gasteiger partial charge in [0.05, 0.1) is 10.9 Å². The van der Waals surface area contributed by atoms with Crippen molar-refractivity contribution in [2.45, 2.75) is 4.90 Å². The highest BCUT2D eigenvalue weighted by Gasteiger charge is 2.20. The van der Waals surface area contributed by atoms with Crippen molar-refractivity contribution in [2.75, 3.05) is 0 Å². The molecule has 0 aliphatic heterocycles. The Hall–Kier alpha value is -0.780. The van der Waals surface area contributed by atoms with Gasteiger partial charge in [-0.1, -0.05) is 11.6 Å². The van der Waals surface area contributed by atoms with Crippen LogP contribution in [0.25, 0.3) is 10.9 Å². The molecule has 15 heavy (non-hydrogen) atoms. The summed E-state index contributed by atoms with van der Waals surface area (Å²) in [4.78, 5) is 3.81. The minimum Gasteiger partial charge on any atom is -0.349 e. The maximum absolute atomic E-state index is 11.3. The smallest absolute Gasteiger partial charge is 0.263 e. The summed E-state index contributed by atoms with van der Waals surface area (Å²) in [6, 6.07) is 1.67. The quantitative estimate of drug-likeness (QED) is 0.586. The number of aryl methyl sites for hydroxylation is 1. The average Bonchev–Trinajstić information content (AvgIpc) is 2.45. The summed E-state index contributed by atoms with van der Waals surface area (Å²) in [5.41, 5.74) is 0.675. The third kappa shape index (κ3) is 1.71. The van der Waals surface area contributed by atoms with Crippen molar-refractivity contribution in [1.82, 2.24) is 9.55 Å². The van der Waals surface area contributed by atoms with Crippen LogP contribution in [0.4, 0.5) is 0 Å². The summed E-state index contributed by atoms with van der Waals surface area (Å²) < 4.78 is 24.2. The zero-order valence-corrected chi connectivity index (χ0v) is 9.94. The number of nitrogens with zero attached hydrogens (tertiary/aromatic N) is 2. The van der Waals surface area contributed by atoms with E-state index in [1.54, 1.807) is 17.7 Å². The monoisotopic (exact) mass is 264 g/mol. The van der Waals surface area contributed by atoms with Crippen LogP contribution < -0.4 is 0 Å². The van der Waals surface area contributed by atoms with Gasteiger partial charge in [0.1, 0.15) is 10.0 Å². The van der Waals surface area contributed by atoms with Gasteiger partial charge >= 0.3 is 0 Å². The van der Waals surface area contributed by atoms with E-state index in [-0.39, 0.29) is 10.0 Å². The molecular formula is C8H6Cl2N2O2S. The topological polar surface area (TPSA) is 52.0 Å². The first-order chi connectivity index (χ1) is 6.91. The fourth-order valence-electron chi connectivity index (χ4n) is 1.44. The lowest BCUT2D eigenvalue weighted by Crippen LogP contribution is -1.89. The van der Waals surface area contributed by atoms with Crippen LogP contribution >= 0.6 is 22.3 Å². The molecule has 0 aromatic carbocycles.